The van der Waals surface area contributed by atoms with E-state index in [-0.39, 0.29) is 11.7 Å². The summed E-state index contributed by atoms with van der Waals surface area (Å²) in [7, 11) is 0. The minimum atomic E-state index is -0.0848. The van der Waals surface area contributed by atoms with Crippen molar-refractivity contribution >= 4 is 45.1 Å². The molecule has 0 amide bonds. The predicted octanol–water partition coefficient (Wildman–Crippen LogP) is 4.70. The SMILES string of the molecule is CCC(=O)c1ccc2c3cc(Cl)ccc3n(C(C)=O)c2c1. The number of halogens is 1. The van der Waals surface area contributed by atoms with Gasteiger partial charge in [0, 0.05) is 34.7 Å². The van der Waals surface area contributed by atoms with Gasteiger partial charge in [0.2, 0.25) is 5.91 Å². The molecule has 106 valence electrons. The van der Waals surface area contributed by atoms with Crippen LogP contribution in [0.4, 0.5) is 0 Å². The van der Waals surface area contributed by atoms with E-state index >= 15 is 0 Å². The highest BCUT2D eigenvalue weighted by molar-refractivity contribution is 6.32. The second-order valence-electron chi connectivity index (χ2n) is 5.02. The number of hydrogen-bond donors (Lipinski definition) is 0. The Kier molecular flexibility index (Phi) is 3.30. The lowest BCUT2D eigenvalue weighted by Crippen LogP contribution is -2.05. The fourth-order valence-electron chi connectivity index (χ4n) is 2.71. The molecule has 0 saturated carbocycles. The van der Waals surface area contributed by atoms with Crippen molar-refractivity contribution in [2.24, 2.45) is 0 Å². The maximum atomic E-state index is 12.0. The number of carbonyl (C=O) groups excluding carboxylic acids is 2. The molecule has 0 saturated heterocycles. The van der Waals surface area contributed by atoms with Crippen LogP contribution in [-0.2, 0) is 0 Å². The zero-order valence-corrected chi connectivity index (χ0v) is 12.6. The van der Waals surface area contributed by atoms with Crippen LogP contribution < -0.4 is 0 Å². The van der Waals surface area contributed by atoms with Crippen molar-refractivity contribution in [3.05, 3.63) is 47.0 Å². The molecule has 0 spiro atoms. The molecule has 3 aromatic rings. The summed E-state index contributed by atoms with van der Waals surface area (Å²) in [6.07, 6.45) is 0.442. The van der Waals surface area contributed by atoms with E-state index in [2.05, 4.69) is 0 Å². The maximum Gasteiger partial charge on any atom is 0.228 e. The fraction of sp³-hybridized carbons (Fsp3) is 0.176. The summed E-state index contributed by atoms with van der Waals surface area (Å²) in [5, 5.41) is 2.47. The molecule has 3 rings (SSSR count). The monoisotopic (exact) mass is 299 g/mol. The summed E-state index contributed by atoms with van der Waals surface area (Å²) in [6.45, 7) is 3.34. The van der Waals surface area contributed by atoms with Crippen LogP contribution in [0.1, 0.15) is 35.4 Å². The van der Waals surface area contributed by atoms with E-state index in [1.165, 1.54) is 6.92 Å². The molecule has 21 heavy (non-hydrogen) atoms. The van der Waals surface area contributed by atoms with E-state index < -0.39 is 0 Å². The second-order valence-corrected chi connectivity index (χ2v) is 5.46. The average Bonchev–Trinajstić information content (AvgIpc) is 2.79. The first kappa shape index (κ1) is 13.8. The number of ketones is 1. The lowest BCUT2D eigenvalue weighted by Gasteiger charge is -2.03. The van der Waals surface area contributed by atoms with Gasteiger partial charge in [0.25, 0.3) is 0 Å². The first-order chi connectivity index (χ1) is 10.0. The molecule has 1 heterocycles. The van der Waals surface area contributed by atoms with Crippen LogP contribution in [-0.4, -0.2) is 16.3 Å². The van der Waals surface area contributed by atoms with Gasteiger partial charge >= 0.3 is 0 Å². The van der Waals surface area contributed by atoms with E-state index in [1.54, 1.807) is 22.8 Å². The van der Waals surface area contributed by atoms with Gasteiger partial charge in [0.05, 0.1) is 11.0 Å². The lowest BCUT2D eigenvalue weighted by atomic mass is 10.1. The van der Waals surface area contributed by atoms with Crippen LogP contribution in [0, 0.1) is 0 Å². The van der Waals surface area contributed by atoms with Crippen molar-refractivity contribution in [2.75, 3.05) is 0 Å². The van der Waals surface area contributed by atoms with Gasteiger partial charge in [-0.15, -0.1) is 0 Å². The molecule has 0 aliphatic rings. The Hall–Kier alpha value is -2.13. The Labute approximate surface area is 127 Å². The molecule has 4 heteroatoms. The average molecular weight is 300 g/mol. The molecular formula is C17H14ClNO2. The predicted molar refractivity (Wildman–Crippen MR) is 85.4 cm³/mol. The highest BCUT2D eigenvalue weighted by Crippen LogP contribution is 2.31. The molecule has 3 nitrogen and oxygen atoms in total. The van der Waals surface area contributed by atoms with Crippen LogP contribution in [0.3, 0.4) is 0 Å². The zero-order valence-electron chi connectivity index (χ0n) is 11.8. The van der Waals surface area contributed by atoms with Crippen LogP contribution in [0.15, 0.2) is 36.4 Å². The van der Waals surface area contributed by atoms with E-state index in [1.807, 2.05) is 25.1 Å². The summed E-state index contributed by atoms with van der Waals surface area (Å²) in [5.41, 5.74) is 2.18. The summed E-state index contributed by atoms with van der Waals surface area (Å²) in [6, 6.07) is 10.9. The third-order valence-electron chi connectivity index (χ3n) is 3.69. The minimum absolute atomic E-state index is 0.0651. The Morgan fingerprint density at radius 1 is 1.05 bits per heavy atom. The number of benzene rings is 2. The van der Waals surface area contributed by atoms with Crippen molar-refractivity contribution in [1.82, 2.24) is 4.57 Å². The minimum Gasteiger partial charge on any atom is -0.294 e. The van der Waals surface area contributed by atoms with Gasteiger partial charge in [0.1, 0.15) is 0 Å². The van der Waals surface area contributed by atoms with Gasteiger partial charge in [-0.2, -0.15) is 0 Å². The van der Waals surface area contributed by atoms with Crippen LogP contribution in [0.2, 0.25) is 5.02 Å². The first-order valence-corrected chi connectivity index (χ1v) is 7.18. The Balaban J connectivity index is 2.45. The number of nitrogens with zero attached hydrogens (tertiary/aromatic N) is 1. The molecule has 1 aromatic heterocycles. The molecule has 0 aliphatic heterocycles. The number of rotatable bonds is 2. The molecule has 0 fully saturated rings. The fourth-order valence-corrected chi connectivity index (χ4v) is 2.88. The van der Waals surface area contributed by atoms with Gasteiger partial charge in [-0.1, -0.05) is 30.7 Å². The smallest absolute Gasteiger partial charge is 0.228 e. The first-order valence-electron chi connectivity index (χ1n) is 6.80. The molecule has 2 aromatic carbocycles. The molecule has 0 unspecified atom stereocenters. The standard InChI is InChI=1S/C17H14ClNO2/c1-3-17(21)11-4-6-13-14-9-12(18)5-7-15(14)19(10(2)20)16(13)8-11/h4-9H,3H2,1-2H3. The molecule has 0 bridgehead atoms. The van der Waals surface area contributed by atoms with Crippen LogP contribution >= 0.6 is 11.6 Å². The molecule has 0 N–H and O–H groups in total. The van der Waals surface area contributed by atoms with E-state index in [9.17, 15) is 9.59 Å². The van der Waals surface area contributed by atoms with Crippen molar-refractivity contribution in [3.63, 3.8) is 0 Å². The maximum absolute atomic E-state index is 12.0. The van der Waals surface area contributed by atoms with Crippen molar-refractivity contribution in [2.45, 2.75) is 20.3 Å². The number of hydrogen-bond acceptors (Lipinski definition) is 2. The highest BCUT2D eigenvalue weighted by Gasteiger charge is 2.15. The number of aromatic nitrogens is 1. The zero-order chi connectivity index (χ0) is 15.1. The Morgan fingerprint density at radius 3 is 2.48 bits per heavy atom. The second kappa shape index (κ2) is 5.01. The summed E-state index contributed by atoms with van der Waals surface area (Å²) in [4.78, 5) is 23.9. The van der Waals surface area contributed by atoms with E-state index in [0.717, 1.165) is 21.8 Å². The molecule has 0 atom stereocenters. The van der Waals surface area contributed by atoms with Gasteiger partial charge in [-0.05, 0) is 24.3 Å². The highest BCUT2D eigenvalue weighted by atomic mass is 35.5. The Bertz CT molecular complexity index is 893. The summed E-state index contributed by atoms with van der Waals surface area (Å²) < 4.78 is 1.63. The quantitative estimate of drug-likeness (QED) is 0.643. The van der Waals surface area contributed by atoms with Crippen LogP contribution in [0.25, 0.3) is 21.8 Å². The van der Waals surface area contributed by atoms with Crippen molar-refractivity contribution in [3.8, 4) is 0 Å². The normalized spacial score (nSPS) is 11.2. The number of Topliss-reactive ketones (excluding diaryl/α,β-unsaturated/α-hetero) is 1. The number of carbonyl (C=O) groups is 2. The Morgan fingerprint density at radius 2 is 1.81 bits per heavy atom. The summed E-state index contributed by atoms with van der Waals surface area (Å²) in [5.74, 6) is -0.0197. The van der Waals surface area contributed by atoms with E-state index in [0.29, 0.717) is 17.0 Å². The summed E-state index contributed by atoms with van der Waals surface area (Å²) >= 11 is 6.06. The lowest BCUT2D eigenvalue weighted by molar-refractivity contribution is 0.0943. The van der Waals surface area contributed by atoms with Gasteiger partial charge in [-0.3, -0.25) is 14.2 Å². The number of fused-ring (bicyclic) bond motifs is 3. The third-order valence-corrected chi connectivity index (χ3v) is 3.92. The molecular weight excluding hydrogens is 286 g/mol. The largest absolute Gasteiger partial charge is 0.294 e. The topological polar surface area (TPSA) is 39.1 Å². The van der Waals surface area contributed by atoms with E-state index in [4.69, 9.17) is 11.6 Å². The van der Waals surface area contributed by atoms with Crippen molar-refractivity contribution in [1.29, 1.82) is 0 Å². The van der Waals surface area contributed by atoms with Crippen LogP contribution in [0.5, 0.6) is 0 Å². The van der Waals surface area contributed by atoms with Gasteiger partial charge in [0.15, 0.2) is 5.78 Å². The van der Waals surface area contributed by atoms with Gasteiger partial charge < -0.3 is 0 Å². The van der Waals surface area contributed by atoms with Crippen molar-refractivity contribution < 1.29 is 9.59 Å². The van der Waals surface area contributed by atoms with Gasteiger partial charge in [-0.25, -0.2) is 0 Å². The third kappa shape index (κ3) is 2.14. The molecule has 0 aliphatic carbocycles. The molecule has 0 radical (unpaired) electrons.